The number of ether oxygens (including phenoxy) is 2. The molecule has 1 saturated heterocycles. The first kappa shape index (κ1) is 19.4. The summed E-state index contributed by atoms with van der Waals surface area (Å²) in [6.07, 6.45) is 3.80. The van der Waals surface area contributed by atoms with Gasteiger partial charge in [-0.25, -0.2) is 0 Å². The quantitative estimate of drug-likeness (QED) is 0.651. The van der Waals surface area contributed by atoms with E-state index < -0.39 is 28.3 Å². The van der Waals surface area contributed by atoms with E-state index in [1.54, 1.807) is 14.2 Å². The average Bonchev–Trinajstić information content (AvgIpc) is 3.07. The van der Waals surface area contributed by atoms with E-state index in [4.69, 9.17) is 9.47 Å². The Morgan fingerprint density at radius 1 is 1.07 bits per heavy atom. The van der Waals surface area contributed by atoms with Crippen LogP contribution >= 0.6 is 0 Å². The summed E-state index contributed by atoms with van der Waals surface area (Å²) in [5.41, 5.74) is -3.74. The molecule has 5 saturated carbocycles. The van der Waals surface area contributed by atoms with Gasteiger partial charge in [0.1, 0.15) is 11.2 Å². The molecule has 3 N–H and O–H groups in total. The highest BCUT2D eigenvalue weighted by molar-refractivity contribution is 5.42. The molecule has 1 aliphatic heterocycles. The number of fused-ring (bicyclic) bond motifs is 2. The molecule has 6 heteroatoms. The predicted molar refractivity (Wildman–Crippen MR) is 106 cm³/mol. The van der Waals surface area contributed by atoms with Gasteiger partial charge >= 0.3 is 0 Å². The van der Waals surface area contributed by atoms with Crippen LogP contribution in [0.5, 0.6) is 0 Å². The molecule has 1 heterocycles. The minimum atomic E-state index is -1.09. The molecular weight excluding hydrogens is 370 g/mol. The number of methoxy groups -OCH3 is 2. The zero-order chi connectivity index (χ0) is 20.6. The van der Waals surface area contributed by atoms with Crippen molar-refractivity contribution in [3.05, 3.63) is 0 Å². The van der Waals surface area contributed by atoms with E-state index in [9.17, 15) is 15.3 Å². The van der Waals surface area contributed by atoms with Crippen molar-refractivity contribution < 1.29 is 24.8 Å². The Kier molecular flexibility index (Phi) is 3.61. The van der Waals surface area contributed by atoms with Gasteiger partial charge in [0.25, 0.3) is 0 Å². The highest BCUT2D eigenvalue weighted by Crippen LogP contribution is 2.81. The molecule has 6 fully saturated rings. The zero-order valence-electron chi connectivity index (χ0n) is 18.2. The molecule has 6 rings (SSSR count). The van der Waals surface area contributed by atoms with Crippen LogP contribution in [-0.4, -0.2) is 82.6 Å². The second-order valence-electron chi connectivity index (χ2n) is 11.5. The lowest BCUT2D eigenvalue weighted by Crippen LogP contribution is -2.85. The molecule has 7 bridgehead atoms. The van der Waals surface area contributed by atoms with Crippen molar-refractivity contribution in [2.45, 2.75) is 87.4 Å². The fourth-order valence-electron chi connectivity index (χ4n) is 10.5. The van der Waals surface area contributed by atoms with Gasteiger partial charge in [0.15, 0.2) is 0 Å². The molecule has 0 aromatic heterocycles. The monoisotopic (exact) mass is 407 g/mol. The van der Waals surface area contributed by atoms with Crippen LogP contribution in [0.15, 0.2) is 0 Å². The topological polar surface area (TPSA) is 82.4 Å². The van der Waals surface area contributed by atoms with Gasteiger partial charge in [-0.2, -0.15) is 0 Å². The Labute approximate surface area is 173 Å². The van der Waals surface area contributed by atoms with E-state index in [1.807, 2.05) is 0 Å². The van der Waals surface area contributed by atoms with Crippen molar-refractivity contribution in [1.29, 1.82) is 0 Å². The van der Waals surface area contributed by atoms with Crippen molar-refractivity contribution >= 4 is 0 Å². The standard InChI is InChI=1S/C23H37NO5/c1-5-24-12-19(2)8-7-15(25)23-14(19)11-21(27,18(23)24)22(29-4)9-6-13-10-20(23,26)17(22)16(13)28-3/h13-18,25-27H,5-12H2,1-4H3/t13-,14+,15?,16-,17-,18+,19-,20-,21-,22+,23-/m0/s1. The van der Waals surface area contributed by atoms with E-state index in [0.717, 1.165) is 32.4 Å². The molecule has 11 atom stereocenters. The van der Waals surface area contributed by atoms with Gasteiger partial charge in [0.05, 0.1) is 23.9 Å². The first-order valence-corrected chi connectivity index (χ1v) is 11.6. The van der Waals surface area contributed by atoms with E-state index >= 15 is 0 Å². The summed E-state index contributed by atoms with van der Waals surface area (Å²) in [4.78, 5) is 2.38. The maximum absolute atomic E-state index is 12.7. The maximum Gasteiger partial charge on any atom is 0.110 e. The third-order valence-corrected chi connectivity index (χ3v) is 11.1. The maximum atomic E-state index is 12.7. The van der Waals surface area contributed by atoms with Gasteiger partial charge < -0.3 is 24.8 Å². The van der Waals surface area contributed by atoms with Gasteiger partial charge in [-0.05, 0) is 62.3 Å². The Morgan fingerprint density at radius 3 is 2.48 bits per heavy atom. The van der Waals surface area contributed by atoms with E-state index in [2.05, 4.69) is 18.7 Å². The lowest BCUT2D eigenvalue weighted by molar-refractivity contribution is -0.353. The van der Waals surface area contributed by atoms with E-state index in [0.29, 0.717) is 19.3 Å². The van der Waals surface area contributed by atoms with Crippen molar-refractivity contribution in [3.8, 4) is 0 Å². The summed E-state index contributed by atoms with van der Waals surface area (Å²) in [5.74, 6) is 0.0472. The van der Waals surface area contributed by atoms with Crippen LogP contribution in [0.3, 0.4) is 0 Å². The number of piperidine rings is 1. The van der Waals surface area contributed by atoms with Crippen LogP contribution in [0.1, 0.15) is 52.4 Å². The van der Waals surface area contributed by atoms with Crippen molar-refractivity contribution in [2.75, 3.05) is 27.3 Å². The average molecular weight is 408 g/mol. The third-order valence-electron chi connectivity index (χ3n) is 11.1. The molecule has 1 spiro atoms. The summed E-state index contributed by atoms with van der Waals surface area (Å²) < 4.78 is 12.3. The zero-order valence-corrected chi connectivity index (χ0v) is 18.2. The molecule has 29 heavy (non-hydrogen) atoms. The summed E-state index contributed by atoms with van der Waals surface area (Å²) in [6.45, 7) is 6.20. The third kappa shape index (κ3) is 1.65. The Bertz CT molecular complexity index is 749. The summed E-state index contributed by atoms with van der Waals surface area (Å²) in [6, 6.07) is -0.274. The summed E-state index contributed by atoms with van der Waals surface area (Å²) in [7, 11) is 3.44. The number of likely N-dealkylation sites (N-methyl/N-ethyl adjacent to an activating group) is 1. The second-order valence-corrected chi connectivity index (χ2v) is 11.5. The SMILES string of the molecule is CCN1C[C@]2(C)CCC(O)[C@@]34[C@@H]2C[C@](O)([C@@H]13)[C@@]1(OC)CC[C@H]2C[C@]4(O)[C@@H]1[C@H]2OC. The largest absolute Gasteiger partial charge is 0.392 e. The number of rotatable bonds is 3. The van der Waals surface area contributed by atoms with Crippen LogP contribution in [0.25, 0.3) is 0 Å². The van der Waals surface area contributed by atoms with Gasteiger partial charge in [0.2, 0.25) is 0 Å². The smallest absolute Gasteiger partial charge is 0.110 e. The number of hydrogen-bond acceptors (Lipinski definition) is 6. The van der Waals surface area contributed by atoms with Crippen LogP contribution in [0.4, 0.5) is 0 Å². The van der Waals surface area contributed by atoms with Gasteiger partial charge in [-0.15, -0.1) is 0 Å². The van der Waals surface area contributed by atoms with Crippen molar-refractivity contribution in [2.24, 2.45) is 28.6 Å². The number of nitrogens with zero attached hydrogens (tertiary/aromatic N) is 1. The molecule has 6 nitrogen and oxygen atoms in total. The molecular formula is C23H37NO5. The number of hydrogen-bond donors (Lipinski definition) is 3. The molecule has 1 unspecified atom stereocenters. The minimum absolute atomic E-state index is 0.0137. The molecule has 0 aromatic rings. The first-order chi connectivity index (χ1) is 13.7. The fourth-order valence-corrected chi connectivity index (χ4v) is 10.5. The molecule has 0 aromatic carbocycles. The van der Waals surface area contributed by atoms with Crippen LogP contribution in [0.2, 0.25) is 0 Å². The van der Waals surface area contributed by atoms with Crippen molar-refractivity contribution in [3.63, 3.8) is 0 Å². The molecule has 5 aliphatic carbocycles. The van der Waals surface area contributed by atoms with Gasteiger partial charge in [-0.3, -0.25) is 4.90 Å². The highest BCUT2D eigenvalue weighted by Gasteiger charge is 2.91. The second kappa shape index (κ2) is 5.38. The van der Waals surface area contributed by atoms with E-state index in [1.165, 1.54) is 0 Å². The number of likely N-dealkylation sites (tertiary alicyclic amines) is 1. The van der Waals surface area contributed by atoms with Crippen molar-refractivity contribution in [1.82, 2.24) is 4.90 Å². The Morgan fingerprint density at radius 2 is 1.83 bits per heavy atom. The number of aliphatic hydroxyl groups excluding tert-OH is 1. The molecule has 164 valence electrons. The normalized spacial score (nSPS) is 65.1. The van der Waals surface area contributed by atoms with Crippen LogP contribution in [-0.2, 0) is 9.47 Å². The summed E-state index contributed by atoms with van der Waals surface area (Å²) >= 11 is 0. The Balaban J connectivity index is 1.70. The fraction of sp³-hybridized carbons (Fsp3) is 1.00. The molecule has 6 aliphatic rings. The number of aliphatic hydroxyl groups is 3. The van der Waals surface area contributed by atoms with E-state index in [-0.39, 0.29) is 35.3 Å². The van der Waals surface area contributed by atoms with Gasteiger partial charge in [0, 0.05) is 32.1 Å². The Hall–Kier alpha value is -0.240. The lowest BCUT2D eigenvalue weighted by Gasteiger charge is -2.72. The first-order valence-electron chi connectivity index (χ1n) is 11.6. The highest BCUT2D eigenvalue weighted by atomic mass is 16.5. The lowest BCUT2D eigenvalue weighted by atomic mass is 9.41. The minimum Gasteiger partial charge on any atom is -0.392 e. The van der Waals surface area contributed by atoms with Crippen LogP contribution in [0, 0.1) is 28.6 Å². The van der Waals surface area contributed by atoms with Gasteiger partial charge in [-0.1, -0.05) is 13.8 Å². The molecule has 0 radical (unpaired) electrons. The summed E-state index contributed by atoms with van der Waals surface area (Å²) in [5, 5.41) is 37.1. The molecule has 0 amide bonds. The van der Waals surface area contributed by atoms with Crippen LogP contribution < -0.4 is 0 Å². The predicted octanol–water partition coefficient (Wildman–Crippen LogP) is 1.16.